The van der Waals surface area contributed by atoms with Crippen molar-refractivity contribution in [1.82, 2.24) is 4.68 Å². The van der Waals surface area contributed by atoms with Crippen molar-refractivity contribution in [2.45, 2.75) is 6.54 Å². The van der Waals surface area contributed by atoms with E-state index in [1.54, 1.807) is 0 Å². The summed E-state index contributed by atoms with van der Waals surface area (Å²) in [6.45, 7) is 0.780. The summed E-state index contributed by atoms with van der Waals surface area (Å²) in [5.41, 5.74) is 5.86. The van der Waals surface area contributed by atoms with Crippen molar-refractivity contribution in [3.63, 3.8) is 0 Å². The number of hydrogen-bond donors (Lipinski definition) is 0. The number of furan rings is 1. The van der Waals surface area contributed by atoms with E-state index in [9.17, 15) is 5.26 Å². The van der Waals surface area contributed by atoms with Crippen molar-refractivity contribution in [3.8, 4) is 11.8 Å². The summed E-state index contributed by atoms with van der Waals surface area (Å²) in [4.78, 5) is 0. The van der Waals surface area contributed by atoms with E-state index >= 15 is 0 Å². The molecule has 1 aliphatic heterocycles. The zero-order valence-corrected chi connectivity index (χ0v) is 13.2. The summed E-state index contributed by atoms with van der Waals surface area (Å²) in [6, 6.07) is 20.6. The average Bonchev–Trinajstić information content (AvgIpc) is 3.29. The van der Waals surface area contributed by atoms with E-state index in [1.165, 1.54) is 5.56 Å². The molecule has 0 fully saturated rings. The standard InChI is InChI=1S/C21H12N3O/c22-10-13-4-3-6-18-17(13)12-23-11-14-8-9-16-15-5-1-2-7-19(15)25-21(16)20(14)24(18)23/h1-9,12H,11H2/q+1. The van der Waals surface area contributed by atoms with Crippen LogP contribution in [0.5, 0.6) is 0 Å². The lowest BCUT2D eigenvalue weighted by Crippen LogP contribution is -2.36. The maximum atomic E-state index is 9.40. The molecule has 3 aromatic carbocycles. The van der Waals surface area contributed by atoms with Crippen LogP contribution in [-0.4, -0.2) is 4.68 Å². The summed E-state index contributed by atoms with van der Waals surface area (Å²) < 4.78 is 10.6. The van der Waals surface area contributed by atoms with Crippen molar-refractivity contribution in [1.29, 1.82) is 5.26 Å². The molecule has 4 heteroatoms. The highest BCUT2D eigenvalue weighted by molar-refractivity contribution is 6.08. The molecule has 0 bridgehead atoms. The molecule has 0 radical (unpaired) electrons. The lowest BCUT2D eigenvalue weighted by atomic mass is 10.1. The van der Waals surface area contributed by atoms with Gasteiger partial charge in [0, 0.05) is 10.8 Å². The van der Waals surface area contributed by atoms with Gasteiger partial charge in [-0.3, -0.25) is 0 Å². The highest BCUT2D eigenvalue weighted by Crippen LogP contribution is 2.37. The van der Waals surface area contributed by atoms with Gasteiger partial charge in [0.15, 0.2) is 17.8 Å². The molecule has 6 rings (SSSR count). The summed E-state index contributed by atoms with van der Waals surface area (Å²) >= 11 is 0. The Morgan fingerprint density at radius 2 is 1.88 bits per heavy atom. The molecule has 0 saturated carbocycles. The van der Waals surface area contributed by atoms with Crippen molar-refractivity contribution >= 4 is 32.8 Å². The number of hydrogen-bond acceptors (Lipinski definition) is 2. The maximum absolute atomic E-state index is 9.40. The Morgan fingerprint density at radius 1 is 0.960 bits per heavy atom. The molecule has 2 aromatic heterocycles. The molecule has 3 heterocycles. The Kier molecular flexibility index (Phi) is 2.19. The van der Waals surface area contributed by atoms with Gasteiger partial charge in [0.05, 0.1) is 16.5 Å². The zero-order chi connectivity index (χ0) is 16.5. The van der Waals surface area contributed by atoms with Gasteiger partial charge >= 0.3 is 0 Å². The Bertz CT molecular complexity index is 1380. The Hall–Kier alpha value is -3.58. The zero-order valence-electron chi connectivity index (χ0n) is 13.2. The first-order valence-corrected chi connectivity index (χ1v) is 8.23. The van der Waals surface area contributed by atoms with Gasteiger partial charge in [0.2, 0.25) is 6.20 Å². The molecule has 0 unspecified atom stereocenters. The number of aromatic nitrogens is 2. The minimum Gasteiger partial charge on any atom is -0.454 e. The Morgan fingerprint density at radius 3 is 2.80 bits per heavy atom. The van der Waals surface area contributed by atoms with Crippen molar-refractivity contribution in [2.24, 2.45) is 0 Å². The van der Waals surface area contributed by atoms with Gasteiger partial charge in [-0.15, -0.1) is 9.36 Å². The van der Waals surface area contributed by atoms with E-state index in [0.717, 1.165) is 45.1 Å². The fourth-order valence-electron chi connectivity index (χ4n) is 4.03. The van der Waals surface area contributed by atoms with Gasteiger partial charge in [0.1, 0.15) is 17.2 Å². The predicted octanol–water partition coefficient (Wildman–Crippen LogP) is 4.05. The Balaban J connectivity index is 1.80. The van der Waals surface area contributed by atoms with Crippen LogP contribution in [-0.2, 0) is 6.54 Å². The second-order valence-corrected chi connectivity index (χ2v) is 6.44. The molecular weight excluding hydrogens is 310 g/mol. The molecule has 1 aliphatic rings. The van der Waals surface area contributed by atoms with E-state index in [2.05, 4.69) is 45.9 Å². The van der Waals surface area contributed by atoms with Crippen LogP contribution < -0.4 is 4.68 Å². The van der Waals surface area contributed by atoms with Gasteiger partial charge in [-0.1, -0.05) is 24.3 Å². The molecule has 0 aliphatic carbocycles. The van der Waals surface area contributed by atoms with Crippen LogP contribution in [0.15, 0.2) is 65.2 Å². The quantitative estimate of drug-likeness (QED) is 0.396. The van der Waals surface area contributed by atoms with Crippen molar-refractivity contribution in [2.75, 3.05) is 0 Å². The van der Waals surface area contributed by atoms with Crippen LogP contribution in [0.3, 0.4) is 0 Å². The topological polar surface area (TPSA) is 45.7 Å². The molecule has 116 valence electrons. The monoisotopic (exact) mass is 322 g/mol. The maximum Gasteiger partial charge on any atom is 0.205 e. The van der Waals surface area contributed by atoms with Crippen LogP contribution in [0.1, 0.15) is 11.1 Å². The minimum absolute atomic E-state index is 0.699. The first kappa shape index (κ1) is 12.8. The van der Waals surface area contributed by atoms with E-state index in [4.69, 9.17) is 4.42 Å². The number of nitriles is 1. The summed E-state index contributed by atoms with van der Waals surface area (Å²) in [5.74, 6) is 0. The van der Waals surface area contributed by atoms with E-state index in [1.807, 2.05) is 30.3 Å². The number of para-hydroxylation sites is 1. The van der Waals surface area contributed by atoms with E-state index in [0.29, 0.717) is 5.56 Å². The van der Waals surface area contributed by atoms with Gasteiger partial charge in [0.25, 0.3) is 0 Å². The van der Waals surface area contributed by atoms with Crippen LogP contribution in [0, 0.1) is 11.3 Å². The first-order chi connectivity index (χ1) is 12.3. The third-order valence-electron chi connectivity index (χ3n) is 5.12. The highest BCUT2D eigenvalue weighted by Gasteiger charge is 2.32. The largest absolute Gasteiger partial charge is 0.454 e. The lowest BCUT2D eigenvalue weighted by molar-refractivity contribution is -0.749. The molecule has 0 atom stereocenters. The molecule has 0 N–H and O–H groups in total. The first-order valence-electron chi connectivity index (χ1n) is 8.23. The van der Waals surface area contributed by atoms with E-state index in [-0.39, 0.29) is 0 Å². The molecule has 0 saturated heterocycles. The van der Waals surface area contributed by atoms with Gasteiger partial charge in [-0.05, 0) is 30.3 Å². The number of rotatable bonds is 0. The summed E-state index contributed by atoms with van der Waals surface area (Å²) in [6.07, 6.45) is 2.06. The summed E-state index contributed by atoms with van der Waals surface area (Å²) in [7, 11) is 0. The van der Waals surface area contributed by atoms with Crippen molar-refractivity contribution < 1.29 is 9.10 Å². The molecule has 0 amide bonds. The third kappa shape index (κ3) is 1.48. The fraction of sp³-hybridized carbons (Fsp3) is 0.0476. The second kappa shape index (κ2) is 4.28. The Labute approximate surface area is 142 Å². The van der Waals surface area contributed by atoms with Gasteiger partial charge < -0.3 is 4.42 Å². The number of benzene rings is 3. The lowest BCUT2D eigenvalue weighted by Gasteiger charge is -1.99. The molecule has 5 aromatic rings. The second-order valence-electron chi connectivity index (χ2n) is 6.44. The predicted molar refractivity (Wildman–Crippen MR) is 94.6 cm³/mol. The fourth-order valence-corrected chi connectivity index (χ4v) is 4.03. The number of nitrogens with zero attached hydrogens (tertiary/aromatic N) is 3. The van der Waals surface area contributed by atoms with Gasteiger partial charge in [-0.2, -0.15) is 5.26 Å². The third-order valence-corrected chi connectivity index (χ3v) is 5.12. The van der Waals surface area contributed by atoms with Crippen LogP contribution >= 0.6 is 0 Å². The SMILES string of the molecule is N#Cc1cccc2c1c[n+]1n2-c2c(ccc3c2oc2ccccc23)C1. The van der Waals surface area contributed by atoms with Crippen molar-refractivity contribution in [3.05, 3.63) is 71.9 Å². The highest BCUT2D eigenvalue weighted by atomic mass is 16.3. The van der Waals surface area contributed by atoms with E-state index < -0.39 is 0 Å². The van der Waals surface area contributed by atoms with Crippen LogP contribution in [0.4, 0.5) is 0 Å². The van der Waals surface area contributed by atoms with Gasteiger partial charge in [-0.25, -0.2) is 0 Å². The average molecular weight is 322 g/mol. The molecule has 4 nitrogen and oxygen atoms in total. The minimum atomic E-state index is 0.699. The molecular formula is C21H12N3O+. The smallest absolute Gasteiger partial charge is 0.205 e. The number of fused-ring (bicyclic) bond motifs is 9. The normalized spacial score (nSPS) is 12.6. The van der Waals surface area contributed by atoms with Crippen LogP contribution in [0.2, 0.25) is 0 Å². The molecule has 0 spiro atoms. The summed E-state index contributed by atoms with van der Waals surface area (Å²) in [5, 5.41) is 12.6. The molecule has 25 heavy (non-hydrogen) atoms. The van der Waals surface area contributed by atoms with Crippen LogP contribution in [0.25, 0.3) is 38.5 Å².